The summed E-state index contributed by atoms with van der Waals surface area (Å²) in [5, 5.41) is 6.75. The summed E-state index contributed by atoms with van der Waals surface area (Å²) in [5.74, 6) is 1.35. The molecule has 0 bridgehead atoms. The molecule has 1 aromatic carbocycles. The van der Waals surface area contributed by atoms with Crippen LogP contribution < -0.4 is 14.9 Å². The Balaban J connectivity index is 1.74. The molecule has 26 heavy (non-hydrogen) atoms. The zero-order chi connectivity index (χ0) is 18.1. The second-order valence-electron chi connectivity index (χ2n) is 6.00. The zero-order valence-corrected chi connectivity index (χ0v) is 16.8. The molecule has 3 aromatic rings. The Bertz CT molecular complexity index is 948. The van der Waals surface area contributed by atoms with Crippen molar-refractivity contribution in [1.82, 2.24) is 19.9 Å². The lowest BCUT2D eigenvalue weighted by Gasteiger charge is -2.21. The topological polar surface area (TPSA) is 78.9 Å². The van der Waals surface area contributed by atoms with Gasteiger partial charge in [0.2, 0.25) is 5.95 Å². The molecule has 0 unspecified atom stereocenters. The van der Waals surface area contributed by atoms with E-state index in [0.29, 0.717) is 17.8 Å². The highest BCUT2D eigenvalue weighted by Gasteiger charge is 2.22. The molecular formula is C17H18BrN7S. The molecule has 1 aliphatic carbocycles. The van der Waals surface area contributed by atoms with Gasteiger partial charge in [0.05, 0.1) is 21.4 Å². The summed E-state index contributed by atoms with van der Waals surface area (Å²) in [6, 6.07) is 4.46. The van der Waals surface area contributed by atoms with Crippen molar-refractivity contribution in [3.8, 4) is 0 Å². The number of nitrogens with zero attached hydrogens (tertiary/aromatic N) is 5. The van der Waals surface area contributed by atoms with E-state index in [0.717, 1.165) is 26.9 Å². The van der Waals surface area contributed by atoms with Crippen molar-refractivity contribution >= 4 is 62.1 Å². The van der Waals surface area contributed by atoms with Crippen molar-refractivity contribution in [3.05, 3.63) is 35.2 Å². The predicted octanol–water partition coefficient (Wildman–Crippen LogP) is 4.21. The van der Waals surface area contributed by atoms with E-state index in [-0.39, 0.29) is 0 Å². The smallest absolute Gasteiger partial charge is 0.224 e. The van der Waals surface area contributed by atoms with Crippen LogP contribution in [0.3, 0.4) is 0 Å². The Hall–Kier alpha value is -2.13. The minimum atomic E-state index is 0.498. The van der Waals surface area contributed by atoms with E-state index in [2.05, 4.69) is 50.8 Å². The molecule has 0 aliphatic heterocycles. The molecule has 4 rings (SSSR count). The lowest BCUT2D eigenvalue weighted by atomic mass is 10.2. The van der Waals surface area contributed by atoms with Crippen LogP contribution in [0.15, 0.2) is 35.2 Å². The SMILES string of the molecule is CSN(C)c1c(Nc2nc(NC3CC3)ncc2Br)ccc2nccnc12. The zero-order valence-electron chi connectivity index (χ0n) is 14.4. The van der Waals surface area contributed by atoms with Crippen molar-refractivity contribution in [1.29, 1.82) is 0 Å². The number of anilines is 4. The molecule has 7 nitrogen and oxygen atoms in total. The van der Waals surface area contributed by atoms with Crippen LogP contribution in [0.2, 0.25) is 0 Å². The molecule has 0 saturated heterocycles. The van der Waals surface area contributed by atoms with Gasteiger partial charge < -0.3 is 14.9 Å². The standard InChI is InChI=1S/C17H18BrN7S/c1-25(26-2)15-13(6-5-12-14(15)20-8-7-19-12)23-16-11(18)9-21-17(24-16)22-10-3-4-10/h5-10H,3-4H2,1-2H3,(H2,21,22,23,24). The number of rotatable bonds is 6. The van der Waals surface area contributed by atoms with Gasteiger partial charge in [-0.25, -0.2) is 4.98 Å². The summed E-state index contributed by atoms with van der Waals surface area (Å²) < 4.78 is 2.87. The maximum Gasteiger partial charge on any atom is 0.224 e. The van der Waals surface area contributed by atoms with E-state index in [4.69, 9.17) is 0 Å². The molecular weight excluding hydrogens is 414 g/mol. The number of nitrogens with one attached hydrogen (secondary N) is 2. The molecule has 2 aromatic heterocycles. The van der Waals surface area contributed by atoms with Crippen molar-refractivity contribution in [2.75, 3.05) is 28.2 Å². The van der Waals surface area contributed by atoms with Crippen molar-refractivity contribution in [2.24, 2.45) is 0 Å². The first-order valence-electron chi connectivity index (χ1n) is 8.23. The number of aromatic nitrogens is 4. The Morgan fingerprint density at radius 3 is 2.77 bits per heavy atom. The summed E-state index contributed by atoms with van der Waals surface area (Å²) in [4.78, 5) is 17.9. The molecule has 134 valence electrons. The summed E-state index contributed by atoms with van der Waals surface area (Å²) in [5.41, 5.74) is 3.57. The fourth-order valence-electron chi connectivity index (χ4n) is 2.60. The summed E-state index contributed by atoms with van der Waals surface area (Å²) in [7, 11) is 2.01. The minimum absolute atomic E-state index is 0.498. The van der Waals surface area contributed by atoms with Gasteiger partial charge in [0.15, 0.2) is 0 Å². The second-order valence-corrected chi connectivity index (χ2v) is 7.77. The fourth-order valence-corrected chi connectivity index (χ4v) is 3.25. The first-order valence-corrected chi connectivity index (χ1v) is 10.2. The maximum absolute atomic E-state index is 4.61. The molecule has 9 heteroatoms. The van der Waals surface area contributed by atoms with Crippen molar-refractivity contribution < 1.29 is 0 Å². The molecule has 1 aliphatic rings. The van der Waals surface area contributed by atoms with E-state index in [1.807, 2.05) is 25.4 Å². The molecule has 0 radical (unpaired) electrons. The van der Waals surface area contributed by atoms with Gasteiger partial charge in [0.1, 0.15) is 11.3 Å². The molecule has 1 fully saturated rings. The Morgan fingerprint density at radius 1 is 1.19 bits per heavy atom. The van der Waals surface area contributed by atoms with Gasteiger partial charge in [-0.3, -0.25) is 9.97 Å². The third-order valence-electron chi connectivity index (χ3n) is 4.11. The highest BCUT2D eigenvalue weighted by molar-refractivity contribution is 9.10. The number of halogens is 1. The molecule has 2 heterocycles. The predicted molar refractivity (Wildman–Crippen MR) is 111 cm³/mol. The van der Waals surface area contributed by atoms with Gasteiger partial charge in [0.25, 0.3) is 0 Å². The highest BCUT2D eigenvalue weighted by Crippen LogP contribution is 2.37. The summed E-state index contributed by atoms with van der Waals surface area (Å²) in [6.07, 6.45) is 9.55. The lowest BCUT2D eigenvalue weighted by Crippen LogP contribution is -2.11. The van der Waals surface area contributed by atoms with E-state index in [1.165, 1.54) is 12.8 Å². The van der Waals surface area contributed by atoms with Gasteiger partial charge in [0, 0.05) is 37.9 Å². The van der Waals surface area contributed by atoms with Crippen LogP contribution in [-0.2, 0) is 0 Å². The molecule has 0 atom stereocenters. The number of benzene rings is 1. The van der Waals surface area contributed by atoms with Gasteiger partial charge in [-0.15, -0.1) is 0 Å². The number of hydrogen-bond acceptors (Lipinski definition) is 8. The van der Waals surface area contributed by atoms with Gasteiger partial charge in [-0.05, 0) is 40.9 Å². The Kier molecular flexibility index (Phi) is 4.82. The average molecular weight is 432 g/mol. The van der Waals surface area contributed by atoms with Crippen LogP contribution in [-0.4, -0.2) is 39.3 Å². The number of fused-ring (bicyclic) bond motifs is 1. The van der Waals surface area contributed by atoms with Crippen LogP contribution in [0, 0.1) is 0 Å². The monoisotopic (exact) mass is 431 g/mol. The van der Waals surface area contributed by atoms with Crippen LogP contribution >= 0.6 is 27.9 Å². The van der Waals surface area contributed by atoms with Crippen LogP contribution in [0.25, 0.3) is 11.0 Å². The first kappa shape index (κ1) is 17.3. The molecule has 0 spiro atoms. The third-order valence-corrected chi connectivity index (χ3v) is 5.42. The summed E-state index contributed by atoms with van der Waals surface area (Å²) in [6.45, 7) is 0. The van der Waals surface area contributed by atoms with Crippen LogP contribution in [0.5, 0.6) is 0 Å². The van der Waals surface area contributed by atoms with E-state index < -0.39 is 0 Å². The second kappa shape index (κ2) is 7.24. The molecule has 0 amide bonds. The van der Waals surface area contributed by atoms with E-state index >= 15 is 0 Å². The fraction of sp³-hybridized carbons (Fsp3) is 0.294. The van der Waals surface area contributed by atoms with Gasteiger partial charge in [-0.2, -0.15) is 4.98 Å². The minimum Gasteiger partial charge on any atom is -0.351 e. The highest BCUT2D eigenvalue weighted by atomic mass is 79.9. The average Bonchev–Trinajstić information content (AvgIpc) is 3.47. The third kappa shape index (κ3) is 3.54. The number of hydrogen-bond donors (Lipinski definition) is 2. The first-order chi connectivity index (χ1) is 12.7. The quantitative estimate of drug-likeness (QED) is 0.561. The lowest BCUT2D eigenvalue weighted by molar-refractivity contribution is 1.05. The maximum atomic E-state index is 4.61. The van der Waals surface area contributed by atoms with Crippen LogP contribution in [0.1, 0.15) is 12.8 Å². The summed E-state index contributed by atoms with van der Waals surface area (Å²) >= 11 is 5.15. The van der Waals surface area contributed by atoms with Gasteiger partial charge in [-0.1, -0.05) is 11.9 Å². The van der Waals surface area contributed by atoms with E-state index in [9.17, 15) is 0 Å². The molecule has 1 saturated carbocycles. The van der Waals surface area contributed by atoms with Gasteiger partial charge >= 0.3 is 0 Å². The van der Waals surface area contributed by atoms with Crippen molar-refractivity contribution in [2.45, 2.75) is 18.9 Å². The van der Waals surface area contributed by atoms with Crippen LogP contribution in [0.4, 0.5) is 23.1 Å². The Morgan fingerprint density at radius 2 is 2.00 bits per heavy atom. The Labute approximate surface area is 164 Å². The van der Waals surface area contributed by atoms with E-state index in [1.54, 1.807) is 30.5 Å². The van der Waals surface area contributed by atoms with Crippen molar-refractivity contribution in [3.63, 3.8) is 0 Å². The normalized spacial score (nSPS) is 13.7. The molecule has 2 N–H and O–H groups in total. The largest absolute Gasteiger partial charge is 0.351 e.